The SMILES string of the molecule is NNC(=S)N[C@@H]1C[C@H]2C[C@@H]1[C@@H]1C=CC[C@@H]21. The standard InChI is InChI=1S/C11H17N3S/c12-14-11(15)13-10-5-6-4-9(10)8-3-1-2-7(6)8/h1,3,6-10H,2,4-5,12H2,(H2,13,14,15)/t6-,7+,8-,9-,10-/m1/s1. The van der Waals surface area contributed by atoms with Gasteiger partial charge in [0.1, 0.15) is 0 Å². The Labute approximate surface area is 95.5 Å². The molecule has 82 valence electrons. The second-order valence-electron chi connectivity index (χ2n) is 5.02. The zero-order chi connectivity index (χ0) is 10.4. The van der Waals surface area contributed by atoms with Gasteiger partial charge in [-0.25, -0.2) is 5.84 Å². The zero-order valence-corrected chi connectivity index (χ0v) is 9.46. The van der Waals surface area contributed by atoms with Gasteiger partial charge in [-0.15, -0.1) is 0 Å². The monoisotopic (exact) mass is 223 g/mol. The minimum Gasteiger partial charge on any atom is -0.359 e. The van der Waals surface area contributed by atoms with Gasteiger partial charge in [0.05, 0.1) is 0 Å². The molecule has 2 saturated carbocycles. The van der Waals surface area contributed by atoms with Crippen LogP contribution in [0.15, 0.2) is 12.2 Å². The van der Waals surface area contributed by atoms with Gasteiger partial charge in [-0.3, -0.25) is 0 Å². The summed E-state index contributed by atoms with van der Waals surface area (Å²) in [6.07, 6.45) is 8.73. The van der Waals surface area contributed by atoms with E-state index in [9.17, 15) is 0 Å². The first-order chi connectivity index (χ1) is 7.29. The maximum absolute atomic E-state index is 5.29. The molecule has 3 aliphatic carbocycles. The fourth-order valence-corrected chi connectivity index (χ4v) is 4.07. The van der Waals surface area contributed by atoms with Crippen LogP contribution in [-0.4, -0.2) is 11.2 Å². The van der Waals surface area contributed by atoms with Gasteiger partial charge in [0, 0.05) is 6.04 Å². The van der Waals surface area contributed by atoms with Crippen LogP contribution in [0.5, 0.6) is 0 Å². The van der Waals surface area contributed by atoms with Crippen LogP contribution < -0.4 is 16.6 Å². The van der Waals surface area contributed by atoms with E-state index in [0.717, 1.165) is 23.7 Å². The minimum atomic E-state index is 0.544. The lowest BCUT2D eigenvalue weighted by molar-refractivity contribution is 0.246. The number of hydrazine groups is 1. The lowest BCUT2D eigenvalue weighted by atomic mass is 9.79. The van der Waals surface area contributed by atoms with E-state index in [2.05, 4.69) is 22.9 Å². The maximum Gasteiger partial charge on any atom is 0.180 e. The van der Waals surface area contributed by atoms with Crippen molar-refractivity contribution in [1.82, 2.24) is 10.7 Å². The van der Waals surface area contributed by atoms with Gasteiger partial charge in [0.15, 0.2) is 5.11 Å². The molecule has 0 unspecified atom stereocenters. The summed E-state index contributed by atoms with van der Waals surface area (Å²) in [5.41, 5.74) is 2.51. The number of hydrogen-bond acceptors (Lipinski definition) is 2. The van der Waals surface area contributed by atoms with Crippen molar-refractivity contribution >= 4 is 17.3 Å². The van der Waals surface area contributed by atoms with E-state index < -0.39 is 0 Å². The quantitative estimate of drug-likeness (QED) is 0.268. The topological polar surface area (TPSA) is 50.1 Å². The molecule has 0 saturated heterocycles. The van der Waals surface area contributed by atoms with E-state index in [4.69, 9.17) is 18.1 Å². The van der Waals surface area contributed by atoms with Crippen molar-refractivity contribution in [3.05, 3.63) is 12.2 Å². The first-order valence-corrected chi connectivity index (χ1v) is 6.14. The first-order valence-electron chi connectivity index (χ1n) is 5.73. The second kappa shape index (κ2) is 3.46. The normalized spacial score (nSPS) is 45.5. The molecule has 0 spiro atoms. The Kier molecular flexibility index (Phi) is 2.21. The Morgan fingerprint density at radius 2 is 2.20 bits per heavy atom. The molecule has 2 bridgehead atoms. The van der Waals surface area contributed by atoms with E-state index in [-0.39, 0.29) is 0 Å². The summed E-state index contributed by atoms with van der Waals surface area (Å²) in [5, 5.41) is 3.92. The van der Waals surface area contributed by atoms with Crippen LogP contribution in [0.1, 0.15) is 19.3 Å². The number of rotatable bonds is 1. The summed E-state index contributed by atoms with van der Waals surface area (Å²) in [4.78, 5) is 0. The van der Waals surface area contributed by atoms with Crippen LogP contribution in [0.2, 0.25) is 0 Å². The fourth-order valence-electron chi connectivity index (χ4n) is 3.92. The fraction of sp³-hybridized carbons (Fsp3) is 0.727. The summed E-state index contributed by atoms with van der Waals surface area (Å²) in [7, 11) is 0. The van der Waals surface area contributed by atoms with Crippen LogP contribution in [0.25, 0.3) is 0 Å². The number of allylic oxidation sites excluding steroid dienone is 2. The maximum atomic E-state index is 5.29. The van der Waals surface area contributed by atoms with E-state index in [1.54, 1.807) is 0 Å². The summed E-state index contributed by atoms with van der Waals surface area (Å²) >= 11 is 5.06. The Bertz CT molecular complexity index is 315. The molecule has 3 nitrogen and oxygen atoms in total. The molecule has 5 atom stereocenters. The van der Waals surface area contributed by atoms with Crippen molar-refractivity contribution in [3.63, 3.8) is 0 Å². The van der Waals surface area contributed by atoms with Gasteiger partial charge in [-0.1, -0.05) is 12.2 Å². The highest BCUT2D eigenvalue weighted by Crippen LogP contribution is 2.56. The largest absolute Gasteiger partial charge is 0.359 e. The third-order valence-corrected chi connectivity index (χ3v) is 4.69. The molecule has 0 aromatic carbocycles. The number of fused-ring (bicyclic) bond motifs is 5. The Morgan fingerprint density at radius 1 is 1.33 bits per heavy atom. The highest BCUT2D eigenvalue weighted by molar-refractivity contribution is 7.80. The number of hydrogen-bond donors (Lipinski definition) is 3. The summed E-state index contributed by atoms with van der Waals surface area (Å²) in [5.74, 6) is 8.72. The van der Waals surface area contributed by atoms with E-state index in [0.29, 0.717) is 11.2 Å². The molecule has 0 aromatic heterocycles. The van der Waals surface area contributed by atoms with E-state index >= 15 is 0 Å². The lowest BCUT2D eigenvalue weighted by Gasteiger charge is -2.32. The van der Waals surface area contributed by atoms with Crippen LogP contribution in [0.3, 0.4) is 0 Å². The van der Waals surface area contributed by atoms with Crippen LogP contribution in [0, 0.1) is 23.7 Å². The summed E-state index contributed by atoms with van der Waals surface area (Å²) < 4.78 is 0. The molecule has 0 aliphatic heterocycles. The van der Waals surface area contributed by atoms with Crippen molar-refractivity contribution in [2.45, 2.75) is 25.3 Å². The van der Waals surface area contributed by atoms with Crippen LogP contribution >= 0.6 is 12.2 Å². The molecule has 0 amide bonds. The van der Waals surface area contributed by atoms with Gasteiger partial charge < -0.3 is 10.7 Å². The third kappa shape index (κ3) is 1.39. The molecule has 2 fully saturated rings. The predicted octanol–water partition coefficient (Wildman–Crippen LogP) is 0.925. The number of nitrogens with two attached hydrogens (primary N) is 1. The molecular formula is C11H17N3S. The molecule has 15 heavy (non-hydrogen) atoms. The molecule has 4 N–H and O–H groups in total. The van der Waals surface area contributed by atoms with E-state index in [1.807, 2.05) is 0 Å². The van der Waals surface area contributed by atoms with Crippen molar-refractivity contribution in [2.24, 2.45) is 29.5 Å². The van der Waals surface area contributed by atoms with Crippen molar-refractivity contribution in [2.75, 3.05) is 0 Å². The average Bonchev–Trinajstić information content (AvgIpc) is 2.87. The van der Waals surface area contributed by atoms with Gasteiger partial charge in [-0.2, -0.15) is 0 Å². The summed E-state index contributed by atoms with van der Waals surface area (Å²) in [6.45, 7) is 0. The Hall–Kier alpha value is -0.610. The van der Waals surface area contributed by atoms with Crippen LogP contribution in [-0.2, 0) is 0 Å². The van der Waals surface area contributed by atoms with E-state index in [1.165, 1.54) is 19.3 Å². The molecule has 0 radical (unpaired) electrons. The smallest absolute Gasteiger partial charge is 0.180 e. The predicted molar refractivity (Wildman–Crippen MR) is 63.8 cm³/mol. The van der Waals surface area contributed by atoms with Crippen LogP contribution in [0.4, 0.5) is 0 Å². The molecule has 0 heterocycles. The van der Waals surface area contributed by atoms with Gasteiger partial charge in [-0.05, 0) is 55.2 Å². The van der Waals surface area contributed by atoms with Crippen molar-refractivity contribution < 1.29 is 0 Å². The average molecular weight is 223 g/mol. The zero-order valence-electron chi connectivity index (χ0n) is 8.65. The molecule has 3 rings (SSSR count). The molecule has 3 aliphatic rings. The Morgan fingerprint density at radius 3 is 3.00 bits per heavy atom. The highest BCUT2D eigenvalue weighted by Gasteiger charge is 2.52. The minimum absolute atomic E-state index is 0.544. The number of nitrogens with one attached hydrogen (secondary N) is 2. The van der Waals surface area contributed by atoms with Gasteiger partial charge in [0.2, 0.25) is 0 Å². The van der Waals surface area contributed by atoms with Gasteiger partial charge in [0.25, 0.3) is 0 Å². The highest BCUT2D eigenvalue weighted by atomic mass is 32.1. The first kappa shape index (κ1) is 9.60. The Balaban J connectivity index is 1.70. The lowest BCUT2D eigenvalue weighted by Crippen LogP contribution is -2.48. The van der Waals surface area contributed by atoms with Crippen molar-refractivity contribution in [3.8, 4) is 0 Å². The third-order valence-electron chi connectivity index (χ3n) is 4.46. The number of thiocarbonyl (C=S) groups is 1. The molecule has 4 heteroatoms. The molecular weight excluding hydrogens is 206 g/mol. The second-order valence-corrected chi connectivity index (χ2v) is 5.43. The summed E-state index contributed by atoms with van der Waals surface area (Å²) in [6, 6.07) is 0.544. The molecule has 0 aromatic rings. The van der Waals surface area contributed by atoms with Crippen molar-refractivity contribution in [1.29, 1.82) is 0 Å². The van der Waals surface area contributed by atoms with Gasteiger partial charge >= 0.3 is 0 Å².